The van der Waals surface area contributed by atoms with Gasteiger partial charge in [0, 0.05) is 68.3 Å². The fourth-order valence-corrected chi connectivity index (χ4v) is 7.43. The maximum Gasteiger partial charge on any atom is 0.327 e. The molecule has 0 saturated heterocycles. The summed E-state index contributed by atoms with van der Waals surface area (Å²) in [6.07, 6.45) is 5.13. The molecular weight excluding hydrogens is 641 g/mol. The normalized spacial score (nSPS) is 13.9. The van der Waals surface area contributed by atoms with E-state index < -0.39 is 7.60 Å². The summed E-state index contributed by atoms with van der Waals surface area (Å²) in [5, 5.41) is 6.20. The first kappa shape index (κ1) is 37.7. The molecule has 0 radical (unpaired) electrons. The van der Waals surface area contributed by atoms with Crippen molar-refractivity contribution in [1.82, 2.24) is 10.6 Å². The van der Waals surface area contributed by atoms with E-state index in [1.54, 1.807) is 26.5 Å². The molecule has 3 amide bonds. The maximum atomic E-state index is 13.3. The van der Waals surface area contributed by atoms with Crippen molar-refractivity contribution in [3.05, 3.63) is 65.2 Å². The van der Waals surface area contributed by atoms with Gasteiger partial charge < -0.3 is 24.6 Å². The molecule has 0 fully saturated rings. The molecule has 2 aromatic rings. The van der Waals surface area contributed by atoms with Crippen molar-refractivity contribution in [2.45, 2.75) is 70.1 Å². The first-order chi connectivity index (χ1) is 22.2. The summed E-state index contributed by atoms with van der Waals surface area (Å²) >= 11 is 0. The predicted molar refractivity (Wildman–Crippen MR) is 189 cm³/mol. The lowest BCUT2D eigenvalue weighted by molar-refractivity contribution is -0.125. The molecule has 2 atom stereocenters. The number of para-hydroxylation sites is 1. The second-order valence-electron chi connectivity index (χ2n) is 11.1. The van der Waals surface area contributed by atoms with Crippen LogP contribution in [-0.4, -0.2) is 62.2 Å². The number of hydrogen-bond donors (Lipinski definition) is 2. The van der Waals surface area contributed by atoms with Crippen LogP contribution >= 0.6 is 29.2 Å². The number of hydrogen-bond acceptors (Lipinski definition) is 8. The highest BCUT2D eigenvalue weighted by Crippen LogP contribution is 2.42. The lowest BCUT2D eigenvalue weighted by atomic mass is 10.0. The number of carbonyl (C=O) groups excluding carboxylic acids is 3. The topological polar surface area (TPSA) is 114 Å². The number of unbranched alkanes of at least 4 members (excludes halogenated alkanes) is 3. The minimum Gasteiger partial charge on any atom is -0.356 e. The van der Waals surface area contributed by atoms with Crippen LogP contribution in [0.25, 0.3) is 0 Å². The Morgan fingerprint density at radius 2 is 1.59 bits per heavy atom. The van der Waals surface area contributed by atoms with Gasteiger partial charge in [-0.1, -0.05) is 83.5 Å². The van der Waals surface area contributed by atoms with Crippen LogP contribution in [0.2, 0.25) is 0 Å². The highest BCUT2D eigenvalue weighted by molar-refractivity contribution is 8.76. The summed E-state index contributed by atoms with van der Waals surface area (Å²) < 4.78 is 21.7. The third-order valence-electron chi connectivity index (χ3n) is 7.31. The van der Waals surface area contributed by atoms with E-state index in [0.717, 1.165) is 60.2 Å². The molecule has 0 aromatic heterocycles. The van der Waals surface area contributed by atoms with Gasteiger partial charge in [-0.15, -0.1) is 0 Å². The Balaban J connectivity index is 1.24. The lowest BCUT2D eigenvalue weighted by Crippen LogP contribution is -2.33. The Hall–Kier alpha value is -2.74. The van der Waals surface area contributed by atoms with Gasteiger partial charge >= 0.3 is 7.60 Å². The zero-order valence-electron chi connectivity index (χ0n) is 27.0. The molecule has 0 saturated carbocycles. The van der Waals surface area contributed by atoms with Crippen LogP contribution in [0.4, 0.5) is 5.69 Å². The number of carbonyl (C=O) groups is 3. The van der Waals surface area contributed by atoms with Crippen molar-refractivity contribution in [2.75, 3.05) is 44.1 Å². The molecule has 2 unspecified atom stereocenters. The quantitative estimate of drug-likeness (QED) is 0.0699. The van der Waals surface area contributed by atoms with Crippen molar-refractivity contribution in [3.8, 4) is 11.8 Å². The number of nitrogens with one attached hydrogen (secondary N) is 2. The van der Waals surface area contributed by atoms with Gasteiger partial charge in [0.1, 0.15) is 0 Å². The van der Waals surface area contributed by atoms with Crippen LogP contribution in [0.5, 0.6) is 0 Å². The molecule has 2 N–H and O–H groups in total. The standard InChI is InChI=1S/C34H46N3O6PS2/c1-27(16-19-32(38)35-22-10-4-5-11-24-43-44(3,41)42-2)46-45-25-23-36-33(39)20-21-34(40)37-26-30-14-7-6-12-28(30)17-18-29-13-8-9-15-31(29)37/h6-9,12-15,27H,4-5,10-11,16,19-26H2,1-3H3,(H,35,38)(H,36,39). The molecule has 0 aliphatic carbocycles. The summed E-state index contributed by atoms with van der Waals surface area (Å²) in [5.74, 6) is 6.96. The van der Waals surface area contributed by atoms with Gasteiger partial charge in [0.2, 0.25) is 17.7 Å². The van der Waals surface area contributed by atoms with E-state index in [-0.39, 0.29) is 30.6 Å². The minimum atomic E-state index is -2.90. The number of amides is 3. The Labute approximate surface area is 281 Å². The molecule has 0 bridgehead atoms. The van der Waals surface area contributed by atoms with E-state index in [2.05, 4.69) is 29.4 Å². The number of nitrogens with zero attached hydrogens (tertiary/aromatic N) is 1. The van der Waals surface area contributed by atoms with Gasteiger partial charge in [0.25, 0.3) is 0 Å². The summed E-state index contributed by atoms with van der Waals surface area (Å²) in [4.78, 5) is 39.7. The predicted octanol–water partition coefficient (Wildman–Crippen LogP) is 6.54. The first-order valence-corrected chi connectivity index (χ1v) is 20.1. The van der Waals surface area contributed by atoms with Crippen molar-refractivity contribution in [2.24, 2.45) is 0 Å². The maximum absolute atomic E-state index is 13.3. The summed E-state index contributed by atoms with van der Waals surface area (Å²) in [5.41, 5.74) is 3.45. The van der Waals surface area contributed by atoms with Gasteiger partial charge in [-0.3, -0.25) is 18.9 Å². The third-order valence-corrected chi connectivity index (χ3v) is 11.6. The SMILES string of the molecule is COP(C)(=O)OCCCCCCNC(=O)CCC(C)SSCCNC(=O)CCC(=O)N1Cc2ccccc2C#Cc2ccccc21. The lowest BCUT2D eigenvalue weighted by Gasteiger charge is -2.26. The number of rotatable bonds is 20. The Morgan fingerprint density at radius 3 is 2.39 bits per heavy atom. The fraction of sp³-hybridized carbons (Fsp3) is 0.500. The first-order valence-electron chi connectivity index (χ1n) is 15.8. The second kappa shape index (κ2) is 20.5. The summed E-state index contributed by atoms with van der Waals surface area (Å²) in [7, 11) is 1.87. The van der Waals surface area contributed by atoms with Crippen LogP contribution < -0.4 is 15.5 Å². The molecule has 250 valence electrons. The third kappa shape index (κ3) is 13.9. The molecule has 9 nitrogen and oxygen atoms in total. The van der Waals surface area contributed by atoms with Gasteiger partial charge in [0.05, 0.1) is 18.8 Å². The van der Waals surface area contributed by atoms with E-state index in [1.807, 2.05) is 48.5 Å². The summed E-state index contributed by atoms with van der Waals surface area (Å²) in [6.45, 7) is 5.55. The number of benzene rings is 2. The molecular formula is C34H46N3O6PS2. The van der Waals surface area contributed by atoms with Crippen molar-refractivity contribution in [3.63, 3.8) is 0 Å². The summed E-state index contributed by atoms with van der Waals surface area (Å²) in [6, 6.07) is 15.4. The van der Waals surface area contributed by atoms with Gasteiger partial charge in [-0.05, 0) is 43.0 Å². The largest absolute Gasteiger partial charge is 0.356 e. The minimum absolute atomic E-state index is 0.0611. The average Bonchev–Trinajstić information content (AvgIpc) is 3.04. The number of anilines is 1. The van der Waals surface area contributed by atoms with Gasteiger partial charge in [0.15, 0.2) is 0 Å². The smallest absolute Gasteiger partial charge is 0.327 e. The van der Waals surface area contributed by atoms with Gasteiger partial charge in [-0.25, -0.2) is 0 Å². The Kier molecular flexibility index (Phi) is 16.8. The van der Waals surface area contributed by atoms with Crippen LogP contribution in [-0.2, 0) is 34.5 Å². The molecule has 46 heavy (non-hydrogen) atoms. The Morgan fingerprint density at radius 1 is 0.913 bits per heavy atom. The van der Waals surface area contributed by atoms with Crippen LogP contribution in [0.15, 0.2) is 48.5 Å². The van der Waals surface area contributed by atoms with Crippen molar-refractivity contribution < 1.29 is 28.0 Å². The molecule has 1 heterocycles. The molecule has 2 aromatic carbocycles. The van der Waals surface area contributed by atoms with Gasteiger partial charge in [-0.2, -0.15) is 0 Å². The van der Waals surface area contributed by atoms with Crippen molar-refractivity contribution >= 4 is 52.6 Å². The van der Waals surface area contributed by atoms with Crippen molar-refractivity contribution in [1.29, 1.82) is 0 Å². The van der Waals surface area contributed by atoms with E-state index in [0.29, 0.717) is 37.9 Å². The van der Waals surface area contributed by atoms with E-state index in [1.165, 1.54) is 13.8 Å². The monoisotopic (exact) mass is 687 g/mol. The van der Waals surface area contributed by atoms with Crippen LogP contribution in [0.1, 0.15) is 75.0 Å². The zero-order chi connectivity index (χ0) is 33.2. The second-order valence-corrected chi connectivity index (χ2v) is 16.2. The molecule has 0 spiro atoms. The highest BCUT2D eigenvalue weighted by Gasteiger charge is 2.21. The van der Waals surface area contributed by atoms with E-state index in [4.69, 9.17) is 9.05 Å². The van der Waals surface area contributed by atoms with Crippen LogP contribution in [0, 0.1) is 11.8 Å². The highest BCUT2D eigenvalue weighted by atomic mass is 33.1. The molecule has 3 rings (SSSR count). The van der Waals surface area contributed by atoms with Crippen LogP contribution in [0.3, 0.4) is 0 Å². The fourth-order valence-electron chi connectivity index (χ4n) is 4.61. The number of fused-ring (bicyclic) bond motifs is 2. The Bertz CT molecular complexity index is 1410. The molecule has 1 aliphatic heterocycles. The molecule has 1 aliphatic rings. The average molecular weight is 688 g/mol. The zero-order valence-corrected chi connectivity index (χ0v) is 29.6. The van der Waals surface area contributed by atoms with E-state index >= 15 is 0 Å². The van der Waals surface area contributed by atoms with E-state index in [9.17, 15) is 18.9 Å². The molecule has 12 heteroatoms.